The van der Waals surface area contributed by atoms with Crippen molar-refractivity contribution >= 4 is 16.9 Å². The van der Waals surface area contributed by atoms with Crippen LogP contribution in [-0.4, -0.2) is 47.3 Å². The van der Waals surface area contributed by atoms with Crippen LogP contribution in [0.4, 0.5) is 0 Å². The summed E-state index contributed by atoms with van der Waals surface area (Å²) < 4.78 is 5.49. The van der Waals surface area contributed by atoms with E-state index in [-0.39, 0.29) is 5.97 Å². The molecule has 1 saturated heterocycles. The van der Waals surface area contributed by atoms with E-state index in [2.05, 4.69) is 29.1 Å². The van der Waals surface area contributed by atoms with Gasteiger partial charge in [0.25, 0.3) is 0 Å². The fraction of sp³-hybridized carbons (Fsp3) is 0.467. The summed E-state index contributed by atoms with van der Waals surface area (Å²) in [4.78, 5) is 14.5. The van der Waals surface area contributed by atoms with Crippen molar-refractivity contribution in [1.29, 1.82) is 0 Å². The quantitative estimate of drug-likeness (QED) is 0.870. The Morgan fingerprint density at radius 1 is 1.55 bits per heavy atom. The van der Waals surface area contributed by atoms with Gasteiger partial charge >= 0.3 is 5.97 Å². The Morgan fingerprint density at radius 3 is 3.15 bits per heavy atom. The molecule has 1 aliphatic heterocycles. The molecule has 0 unspecified atom stereocenters. The molecule has 1 N–H and O–H groups in total. The summed E-state index contributed by atoms with van der Waals surface area (Å²) in [6.07, 6.45) is 2.79. The molecule has 3 rings (SSSR count). The van der Waals surface area contributed by atoms with Gasteiger partial charge in [0.1, 0.15) is 0 Å². The van der Waals surface area contributed by atoms with Crippen LogP contribution >= 0.6 is 0 Å². The van der Waals surface area contributed by atoms with Crippen LogP contribution in [0.1, 0.15) is 23.7 Å². The molecule has 1 aromatic carbocycles. The molecule has 1 aromatic heterocycles. The van der Waals surface area contributed by atoms with E-state index >= 15 is 0 Å². The van der Waals surface area contributed by atoms with Crippen molar-refractivity contribution in [2.45, 2.75) is 19.4 Å². The second-order valence-electron chi connectivity index (χ2n) is 5.51. The number of H-pyrrole nitrogens is 1. The number of ether oxygens (including phenoxy) is 1. The monoisotopic (exact) mass is 273 g/mol. The van der Waals surface area contributed by atoms with Crippen LogP contribution in [-0.2, 0) is 4.74 Å². The number of carbonyl (C=O) groups is 1. The molecular formula is C15H19N3O2. The minimum atomic E-state index is -0.276. The smallest absolute Gasteiger partial charge is 0.340 e. The Morgan fingerprint density at radius 2 is 2.40 bits per heavy atom. The predicted octanol–water partition coefficient (Wildman–Crippen LogP) is 2.06. The molecule has 5 heteroatoms. The molecule has 1 aliphatic rings. The molecule has 2 heterocycles. The summed E-state index contributed by atoms with van der Waals surface area (Å²) in [5.74, 6) is 0.145. The number of rotatable bonds is 3. The first-order valence-corrected chi connectivity index (χ1v) is 6.96. The van der Waals surface area contributed by atoms with E-state index in [9.17, 15) is 4.79 Å². The minimum absolute atomic E-state index is 0.276. The average Bonchev–Trinajstić information content (AvgIpc) is 3.04. The van der Waals surface area contributed by atoms with Crippen LogP contribution in [0.25, 0.3) is 10.9 Å². The zero-order chi connectivity index (χ0) is 14.1. The highest BCUT2D eigenvalue weighted by Gasteiger charge is 2.29. The van der Waals surface area contributed by atoms with Gasteiger partial charge in [-0.15, -0.1) is 0 Å². The van der Waals surface area contributed by atoms with Gasteiger partial charge in [0, 0.05) is 17.3 Å². The lowest BCUT2D eigenvalue weighted by atomic mass is 10.0. The molecule has 20 heavy (non-hydrogen) atoms. The normalized spacial score (nSPS) is 23.3. The Hall–Kier alpha value is -1.88. The van der Waals surface area contributed by atoms with E-state index in [0.29, 0.717) is 24.1 Å². The van der Waals surface area contributed by atoms with Crippen molar-refractivity contribution in [1.82, 2.24) is 15.1 Å². The van der Waals surface area contributed by atoms with Crippen molar-refractivity contribution < 1.29 is 9.53 Å². The van der Waals surface area contributed by atoms with Gasteiger partial charge in [-0.2, -0.15) is 5.10 Å². The fourth-order valence-corrected chi connectivity index (χ4v) is 2.80. The molecule has 0 spiro atoms. The zero-order valence-corrected chi connectivity index (χ0v) is 11.8. The molecule has 0 amide bonds. The standard InChI is InChI=1S/C15H19N3O2/c1-10-12(6-7-18(10)2)9-20-15(19)13-5-3-4-11-8-16-17-14(11)13/h3-5,8,10,12H,6-7,9H2,1-2H3,(H,16,17)/t10-,12+/m1/s1. The van der Waals surface area contributed by atoms with Crippen molar-refractivity contribution in [3.63, 3.8) is 0 Å². The van der Waals surface area contributed by atoms with Gasteiger partial charge in [-0.1, -0.05) is 12.1 Å². The van der Waals surface area contributed by atoms with Crippen molar-refractivity contribution in [2.75, 3.05) is 20.2 Å². The van der Waals surface area contributed by atoms with E-state index in [0.717, 1.165) is 23.9 Å². The van der Waals surface area contributed by atoms with E-state index in [1.165, 1.54) is 0 Å². The Kier molecular flexibility index (Phi) is 3.44. The van der Waals surface area contributed by atoms with E-state index < -0.39 is 0 Å². The maximum absolute atomic E-state index is 12.2. The van der Waals surface area contributed by atoms with Gasteiger partial charge in [0.2, 0.25) is 0 Å². The summed E-state index contributed by atoms with van der Waals surface area (Å²) in [5.41, 5.74) is 1.30. The van der Waals surface area contributed by atoms with Gasteiger partial charge in [0.05, 0.1) is 23.9 Å². The molecular weight excluding hydrogens is 254 g/mol. The van der Waals surface area contributed by atoms with Crippen molar-refractivity contribution in [3.05, 3.63) is 30.0 Å². The van der Waals surface area contributed by atoms with Crippen molar-refractivity contribution in [2.24, 2.45) is 5.92 Å². The lowest BCUT2D eigenvalue weighted by molar-refractivity contribution is 0.0422. The largest absolute Gasteiger partial charge is 0.462 e. The topological polar surface area (TPSA) is 58.2 Å². The first-order chi connectivity index (χ1) is 9.66. The first kappa shape index (κ1) is 13.1. The summed E-state index contributed by atoms with van der Waals surface area (Å²) >= 11 is 0. The molecule has 2 atom stereocenters. The summed E-state index contributed by atoms with van der Waals surface area (Å²) in [7, 11) is 2.11. The third-order valence-corrected chi connectivity index (χ3v) is 4.36. The number of hydrogen-bond acceptors (Lipinski definition) is 4. The molecule has 2 aromatic rings. The molecule has 0 bridgehead atoms. The molecule has 0 radical (unpaired) electrons. The number of carbonyl (C=O) groups excluding carboxylic acids is 1. The zero-order valence-electron chi connectivity index (χ0n) is 11.8. The Labute approximate surface area is 117 Å². The number of nitrogens with one attached hydrogen (secondary N) is 1. The first-order valence-electron chi connectivity index (χ1n) is 6.96. The maximum atomic E-state index is 12.2. The SMILES string of the molecule is C[C@@H]1[C@H](COC(=O)c2cccc3cn[nH]c23)CCN1C. The predicted molar refractivity (Wildman–Crippen MR) is 76.6 cm³/mol. The number of aromatic nitrogens is 2. The number of nitrogens with zero attached hydrogens (tertiary/aromatic N) is 2. The number of hydrogen-bond donors (Lipinski definition) is 1. The average molecular weight is 273 g/mol. The highest BCUT2D eigenvalue weighted by atomic mass is 16.5. The highest BCUT2D eigenvalue weighted by molar-refractivity contribution is 6.02. The van der Waals surface area contributed by atoms with Crippen LogP contribution in [0.5, 0.6) is 0 Å². The highest BCUT2D eigenvalue weighted by Crippen LogP contribution is 2.23. The Balaban J connectivity index is 1.69. The molecule has 106 valence electrons. The van der Waals surface area contributed by atoms with Crippen LogP contribution in [0.2, 0.25) is 0 Å². The van der Waals surface area contributed by atoms with Gasteiger partial charge < -0.3 is 9.64 Å². The van der Waals surface area contributed by atoms with Crippen molar-refractivity contribution in [3.8, 4) is 0 Å². The number of benzene rings is 1. The summed E-state index contributed by atoms with van der Waals surface area (Å²) in [6.45, 7) is 3.73. The van der Waals surface area contributed by atoms with Crippen LogP contribution in [0, 0.1) is 5.92 Å². The number of aromatic amines is 1. The van der Waals surface area contributed by atoms with Gasteiger partial charge in [-0.05, 0) is 33.0 Å². The van der Waals surface area contributed by atoms with Gasteiger partial charge in [-0.25, -0.2) is 4.79 Å². The second kappa shape index (κ2) is 5.25. The van der Waals surface area contributed by atoms with E-state index in [4.69, 9.17) is 4.74 Å². The molecule has 5 nitrogen and oxygen atoms in total. The van der Waals surface area contributed by atoms with Crippen LogP contribution in [0.3, 0.4) is 0 Å². The number of para-hydroxylation sites is 1. The van der Waals surface area contributed by atoms with E-state index in [1.807, 2.05) is 12.1 Å². The molecule has 0 saturated carbocycles. The van der Waals surface area contributed by atoms with Gasteiger partial charge in [0.15, 0.2) is 0 Å². The number of fused-ring (bicyclic) bond motifs is 1. The summed E-state index contributed by atoms with van der Waals surface area (Å²) in [5, 5.41) is 7.74. The lowest BCUT2D eigenvalue weighted by Crippen LogP contribution is -2.28. The minimum Gasteiger partial charge on any atom is -0.462 e. The summed E-state index contributed by atoms with van der Waals surface area (Å²) in [6, 6.07) is 6.00. The lowest BCUT2D eigenvalue weighted by Gasteiger charge is -2.20. The number of esters is 1. The molecule has 0 aliphatic carbocycles. The van der Waals surface area contributed by atoms with E-state index in [1.54, 1.807) is 12.3 Å². The number of likely N-dealkylation sites (tertiary alicyclic amines) is 1. The fourth-order valence-electron chi connectivity index (χ4n) is 2.80. The third kappa shape index (κ3) is 2.29. The second-order valence-corrected chi connectivity index (χ2v) is 5.51. The van der Waals surface area contributed by atoms with Crippen LogP contribution < -0.4 is 0 Å². The maximum Gasteiger partial charge on any atom is 0.340 e. The third-order valence-electron chi connectivity index (χ3n) is 4.36. The van der Waals surface area contributed by atoms with Gasteiger partial charge in [-0.3, -0.25) is 5.10 Å². The van der Waals surface area contributed by atoms with Crippen LogP contribution in [0.15, 0.2) is 24.4 Å². The Bertz CT molecular complexity index is 622. The molecule has 1 fully saturated rings.